The standard InChI is InChI=1S/C10H9F3N2O2/c11-10(12,13)6-3-1-2-5(4-6)9-15-8(16)7(14)17-9/h1-4,7,9H,14H2,(H,15,16). The Hall–Kier alpha value is -1.60. The second-order valence-electron chi connectivity index (χ2n) is 3.57. The zero-order valence-corrected chi connectivity index (χ0v) is 8.49. The van der Waals surface area contributed by atoms with E-state index in [1.54, 1.807) is 0 Å². The molecule has 3 N–H and O–H groups in total. The Morgan fingerprint density at radius 1 is 1.35 bits per heavy atom. The van der Waals surface area contributed by atoms with Crippen LogP contribution in [0.15, 0.2) is 24.3 Å². The van der Waals surface area contributed by atoms with Crippen molar-refractivity contribution in [2.45, 2.75) is 18.6 Å². The first kappa shape index (κ1) is 11.9. The SMILES string of the molecule is NC1OC(c2cccc(C(F)(F)F)c2)NC1=O. The largest absolute Gasteiger partial charge is 0.416 e. The lowest BCUT2D eigenvalue weighted by molar-refractivity contribution is -0.137. The number of rotatable bonds is 1. The first-order chi connectivity index (χ1) is 7.88. The third-order valence-corrected chi connectivity index (χ3v) is 2.33. The highest BCUT2D eigenvalue weighted by Crippen LogP contribution is 2.31. The molecule has 1 saturated heterocycles. The molecule has 0 saturated carbocycles. The Kier molecular flexibility index (Phi) is 2.80. The highest BCUT2D eigenvalue weighted by Gasteiger charge is 2.34. The lowest BCUT2D eigenvalue weighted by Gasteiger charge is -2.13. The van der Waals surface area contributed by atoms with Crippen LogP contribution in [0.3, 0.4) is 0 Å². The van der Waals surface area contributed by atoms with E-state index in [9.17, 15) is 18.0 Å². The van der Waals surface area contributed by atoms with Gasteiger partial charge in [0.15, 0.2) is 12.5 Å². The molecule has 0 radical (unpaired) electrons. The van der Waals surface area contributed by atoms with E-state index >= 15 is 0 Å². The summed E-state index contributed by atoms with van der Waals surface area (Å²) in [5, 5.41) is 2.35. The molecule has 1 heterocycles. The average molecular weight is 246 g/mol. The van der Waals surface area contributed by atoms with Gasteiger partial charge >= 0.3 is 6.18 Å². The fourth-order valence-corrected chi connectivity index (χ4v) is 1.49. The fraction of sp³-hybridized carbons (Fsp3) is 0.300. The van der Waals surface area contributed by atoms with Crippen molar-refractivity contribution in [3.8, 4) is 0 Å². The number of alkyl halides is 3. The molecule has 1 aromatic rings. The Balaban J connectivity index is 2.26. The fourth-order valence-electron chi connectivity index (χ4n) is 1.49. The van der Waals surface area contributed by atoms with Crippen LogP contribution < -0.4 is 11.1 Å². The topological polar surface area (TPSA) is 64.3 Å². The van der Waals surface area contributed by atoms with Gasteiger partial charge in [0, 0.05) is 5.56 Å². The first-order valence-electron chi connectivity index (χ1n) is 4.76. The molecule has 0 aliphatic carbocycles. The molecule has 1 fully saturated rings. The van der Waals surface area contributed by atoms with Crippen molar-refractivity contribution >= 4 is 5.91 Å². The molecular formula is C10H9F3N2O2. The van der Waals surface area contributed by atoms with E-state index < -0.39 is 30.1 Å². The molecule has 92 valence electrons. The third kappa shape index (κ3) is 2.40. The Labute approximate surface area is 94.5 Å². The number of carbonyl (C=O) groups is 1. The summed E-state index contributed by atoms with van der Waals surface area (Å²) in [4.78, 5) is 11.1. The lowest BCUT2D eigenvalue weighted by atomic mass is 10.1. The molecule has 0 aromatic heterocycles. The molecule has 4 nitrogen and oxygen atoms in total. The summed E-state index contributed by atoms with van der Waals surface area (Å²) in [6.07, 6.45) is -6.50. The van der Waals surface area contributed by atoms with Crippen LogP contribution in [0.5, 0.6) is 0 Å². The maximum Gasteiger partial charge on any atom is 0.416 e. The smallest absolute Gasteiger partial charge is 0.327 e. The summed E-state index contributed by atoms with van der Waals surface area (Å²) >= 11 is 0. The number of ether oxygens (including phenoxy) is 1. The molecule has 1 amide bonds. The van der Waals surface area contributed by atoms with Crippen LogP contribution in [0.2, 0.25) is 0 Å². The Bertz CT molecular complexity index is 447. The van der Waals surface area contributed by atoms with Crippen molar-refractivity contribution < 1.29 is 22.7 Å². The number of nitrogens with one attached hydrogen (secondary N) is 1. The molecule has 1 aliphatic rings. The zero-order valence-electron chi connectivity index (χ0n) is 8.49. The lowest BCUT2D eigenvalue weighted by Crippen LogP contribution is -2.30. The van der Waals surface area contributed by atoms with E-state index in [1.807, 2.05) is 0 Å². The number of carbonyl (C=O) groups excluding carboxylic acids is 1. The monoisotopic (exact) mass is 246 g/mol. The Morgan fingerprint density at radius 3 is 2.59 bits per heavy atom. The summed E-state index contributed by atoms with van der Waals surface area (Å²) in [6.45, 7) is 0. The van der Waals surface area contributed by atoms with Crippen LogP contribution in [0, 0.1) is 0 Å². The molecule has 2 atom stereocenters. The minimum absolute atomic E-state index is 0.209. The van der Waals surface area contributed by atoms with Crippen molar-refractivity contribution in [1.82, 2.24) is 5.32 Å². The molecule has 2 rings (SSSR count). The van der Waals surface area contributed by atoms with Gasteiger partial charge in [0.05, 0.1) is 5.56 Å². The molecular weight excluding hydrogens is 237 g/mol. The molecule has 0 spiro atoms. The Morgan fingerprint density at radius 2 is 2.06 bits per heavy atom. The van der Waals surface area contributed by atoms with Crippen LogP contribution in [0.25, 0.3) is 0 Å². The van der Waals surface area contributed by atoms with Crippen LogP contribution in [-0.4, -0.2) is 12.1 Å². The number of nitrogens with two attached hydrogens (primary N) is 1. The maximum atomic E-state index is 12.5. The predicted octanol–water partition coefficient (Wildman–Crippen LogP) is 1.14. The van der Waals surface area contributed by atoms with Crippen molar-refractivity contribution in [2.24, 2.45) is 5.73 Å². The van der Waals surface area contributed by atoms with Crippen molar-refractivity contribution in [3.63, 3.8) is 0 Å². The average Bonchev–Trinajstić information content (AvgIpc) is 2.58. The third-order valence-electron chi connectivity index (χ3n) is 2.33. The van der Waals surface area contributed by atoms with E-state index in [0.717, 1.165) is 12.1 Å². The van der Waals surface area contributed by atoms with Gasteiger partial charge in [-0.2, -0.15) is 13.2 Å². The van der Waals surface area contributed by atoms with Gasteiger partial charge in [-0.05, 0) is 12.1 Å². The predicted molar refractivity (Wildman–Crippen MR) is 51.4 cm³/mol. The van der Waals surface area contributed by atoms with Crippen molar-refractivity contribution in [1.29, 1.82) is 0 Å². The normalized spacial score (nSPS) is 24.8. The first-order valence-corrected chi connectivity index (χ1v) is 4.76. The summed E-state index contributed by atoms with van der Waals surface area (Å²) in [5.41, 5.74) is 4.68. The minimum atomic E-state index is -4.43. The molecule has 2 unspecified atom stereocenters. The number of halogens is 3. The molecule has 17 heavy (non-hydrogen) atoms. The summed E-state index contributed by atoms with van der Waals surface area (Å²) in [5.74, 6) is -0.549. The van der Waals surface area contributed by atoms with Crippen molar-refractivity contribution in [3.05, 3.63) is 35.4 Å². The second-order valence-corrected chi connectivity index (χ2v) is 3.57. The second kappa shape index (κ2) is 4.01. The number of benzene rings is 1. The maximum absolute atomic E-state index is 12.5. The summed E-state index contributed by atoms with van der Waals surface area (Å²) < 4.78 is 42.3. The van der Waals surface area contributed by atoms with Crippen LogP contribution in [0.4, 0.5) is 13.2 Å². The number of amides is 1. The van der Waals surface area contributed by atoms with E-state index in [2.05, 4.69) is 5.32 Å². The van der Waals surface area contributed by atoms with Gasteiger partial charge in [-0.15, -0.1) is 0 Å². The molecule has 0 bridgehead atoms. The summed E-state index contributed by atoms with van der Waals surface area (Å²) in [7, 11) is 0. The van der Waals surface area contributed by atoms with Gasteiger partial charge in [-0.25, -0.2) is 0 Å². The van der Waals surface area contributed by atoms with Crippen LogP contribution in [0.1, 0.15) is 17.4 Å². The molecule has 7 heteroatoms. The van der Waals surface area contributed by atoms with Crippen molar-refractivity contribution in [2.75, 3.05) is 0 Å². The molecule has 1 aliphatic heterocycles. The highest BCUT2D eigenvalue weighted by atomic mass is 19.4. The quantitative estimate of drug-likeness (QED) is 0.780. The van der Waals surface area contributed by atoms with Gasteiger partial charge in [-0.1, -0.05) is 12.1 Å². The summed E-state index contributed by atoms with van der Waals surface area (Å²) in [6, 6.07) is 4.54. The molecule has 1 aromatic carbocycles. The van der Waals surface area contributed by atoms with Gasteiger partial charge < -0.3 is 10.1 Å². The zero-order chi connectivity index (χ0) is 12.6. The van der Waals surface area contributed by atoms with Crippen LogP contribution >= 0.6 is 0 Å². The van der Waals surface area contributed by atoms with E-state index in [4.69, 9.17) is 10.5 Å². The highest BCUT2D eigenvalue weighted by molar-refractivity contribution is 5.82. The van der Waals surface area contributed by atoms with E-state index in [-0.39, 0.29) is 5.56 Å². The van der Waals surface area contributed by atoms with Crippen LogP contribution in [-0.2, 0) is 15.7 Å². The number of hydrogen-bond acceptors (Lipinski definition) is 3. The van der Waals surface area contributed by atoms with E-state index in [1.165, 1.54) is 12.1 Å². The van der Waals surface area contributed by atoms with Gasteiger partial charge in [0.1, 0.15) is 0 Å². The number of hydrogen-bond donors (Lipinski definition) is 2. The van der Waals surface area contributed by atoms with Gasteiger partial charge in [0.2, 0.25) is 0 Å². The van der Waals surface area contributed by atoms with E-state index in [0.29, 0.717) is 0 Å². The van der Waals surface area contributed by atoms with Gasteiger partial charge in [-0.3, -0.25) is 10.5 Å². The van der Waals surface area contributed by atoms with Gasteiger partial charge in [0.25, 0.3) is 5.91 Å². The minimum Gasteiger partial charge on any atom is -0.327 e.